The molecular formula is C20H25N3O2. The fourth-order valence-electron chi connectivity index (χ4n) is 4.07. The smallest absolute Gasteiger partial charge is 0.253 e. The second kappa shape index (κ2) is 6.54. The molecule has 25 heavy (non-hydrogen) atoms. The Labute approximate surface area is 148 Å². The van der Waals surface area contributed by atoms with E-state index in [2.05, 4.69) is 4.98 Å². The number of nitrogens with zero attached hydrogens (tertiary/aromatic N) is 2. The van der Waals surface area contributed by atoms with Crippen molar-refractivity contribution in [3.8, 4) is 0 Å². The quantitative estimate of drug-likeness (QED) is 0.931. The molecule has 1 fully saturated rings. The first-order chi connectivity index (χ1) is 12.1. The Bertz CT molecular complexity index is 824. The Kier molecular flexibility index (Phi) is 4.24. The number of H-pyrrole nitrogens is 1. The summed E-state index contributed by atoms with van der Waals surface area (Å²) in [5.74, 6) is 0.237. The van der Waals surface area contributed by atoms with Crippen molar-refractivity contribution in [3.05, 3.63) is 35.0 Å². The van der Waals surface area contributed by atoms with Crippen LogP contribution in [0, 0.1) is 0 Å². The fraction of sp³-hybridized carbons (Fsp3) is 0.500. The second-order valence-corrected chi connectivity index (χ2v) is 7.26. The zero-order chi connectivity index (χ0) is 17.4. The number of hydrogen-bond donors (Lipinski definition) is 1. The predicted octanol–water partition coefficient (Wildman–Crippen LogP) is 2.74. The lowest BCUT2D eigenvalue weighted by Crippen LogP contribution is -2.36. The van der Waals surface area contributed by atoms with Crippen molar-refractivity contribution in [3.63, 3.8) is 0 Å². The Morgan fingerprint density at radius 2 is 2.04 bits per heavy atom. The number of carbonyl (C=O) groups is 2. The number of rotatable bonds is 4. The van der Waals surface area contributed by atoms with Crippen LogP contribution in [0.5, 0.6) is 0 Å². The molecule has 1 N–H and O–H groups in total. The number of likely N-dealkylation sites (tertiary alicyclic amines) is 1. The summed E-state index contributed by atoms with van der Waals surface area (Å²) in [5.41, 5.74) is 4.59. The van der Waals surface area contributed by atoms with Gasteiger partial charge in [0.1, 0.15) is 0 Å². The first-order valence-electron chi connectivity index (χ1n) is 9.30. The highest BCUT2D eigenvalue weighted by Crippen LogP contribution is 2.29. The van der Waals surface area contributed by atoms with Crippen molar-refractivity contribution in [2.24, 2.45) is 0 Å². The summed E-state index contributed by atoms with van der Waals surface area (Å²) in [6.07, 6.45) is 6.25. The Balaban J connectivity index is 1.50. The number of fused-ring (bicyclic) bond motifs is 3. The van der Waals surface area contributed by atoms with Gasteiger partial charge in [-0.3, -0.25) is 9.59 Å². The maximum Gasteiger partial charge on any atom is 0.253 e. The standard InChI is InChI=1S/C20H25N3O2/c1-22(11-12-23-10-4-7-19(23)24)20(25)14-8-9-18-16(13-14)15-5-2-3-6-17(15)21-18/h8-9,13,21H,2-7,10-12H2,1H3. The fourth-order valence-corrected chi connectivity index (χ4v) is 4.07. The number of carbonyl (C=O) groups excluding carboxylic acids is 2. The van der Waals surface area contributed by atoms with Crippen LogP contribution in [0.2, 0.25) is 0 Å². The van der Waals surface area contributed by atoms with Gasteiger partial charge >= 0.3 is 0 Å². The summed E-state index contributed by atoms with van der Waals surface area (Å²) >= 11 is 0. The van der Waals surface area contributed by atoms with Crippen LogP contribution in [-0.2, 0) is 17.6 Å². The number of aromatic amines is 1. The Hall–Kier alpha value is -2.30. The van der Waals surface area contributed by atoms with Crippen molar-refractivity contribution in [2.75, 3.05) is 26.7 Å². The van der Waals surface area contributed by atoms with E-state index in [1.54, 1.807) is 4.90 Å². The summed E-state index contributed by atoms with van der Waals surface area (Å²) in [5, 5.41) is 1.20. The van der Waals surface area contributed by atoms with E-state index in [1.165, 1.54) is 29.5 Å². The molecule has 1 saturated heterocycles. The highest BCUT2D eigenvalue weighted by atomic mass is 16.2. The summed E-state index contributed by atoms with van der Waals surface area (Å²) < 4.78 is 0. The zero-order valence-corrected chi connectivity index (χ0v) is 14.8. The van der Waals surface area contributed by atoms with Gasteiger partial charge in [-0.2, -0.15) is 0 Å². The molecule has 0 bridgehead atoms. The molecule has 2 amide bonds. The molecule has 1 aliphatic heterocycles. The average Bonchev–Trinajstić information content (AvgIpc) is 3.21. The van der Waals surface area contributed by atoms with Gasteiger partial charge in [0, 0.05) is 55.3 Å². The lowest BCUT2D eigenvalue weighted by atomic mass is 9.95. The van der Waals surface area contributed by atoms with E-state index in [-0.39, 0.29) is 11.8 Å². The number of amides is 2. The molecule has 2 heterocycles. The topological polar surface area (TPSA) is 56.4 Å². The number of aromatic nitrogens is 1. The van der Waals surface area contributed by atoms with Gasteiger partial charge in [-0.05, 0) is 55.9 Å². The molecule has 2 aromatic rings. The van der Waals surface area contributed by atoms with Gasteiger partial charge in [0.2, 0.25) is 5.91 Å². The van der Waals surface area contributed by atoms with E-state index in [4.69, 9.17) is 0 Å². The molecule has 132 valence electrons. The minimum Gasteiger partial charge on any atom is -0.358 e. The molecule has 5 nitrogen and oxygen atoms in total. The molecule has 0 unspecified atom stereocenters. The van der Waals surface area contributed by atoms with Crippen LogP contribution < -0.4 is 0 Å². The number of nitrogens with one attached hydrogen (secondary N) is 1. The molecule has 1 aliphatic carbocycles. The number of benzene rings is 1. The van der Waals surface area contributed by atoms with Crippen molar-refractivity contribution < 1.29 is 9.59 Å². The van der Waals surface area contributed by atoms with Gasteiger partial charge in [0.05, 0.1) is 0 Å². The van der Waals surface area contributed by atoms with Gasteiger partial charge in [0.25, 0.3) is 5.91 Å². The summed E-state index contributed by atoms with van der Waals surface area (Å²) in [6.45, 7) is 2.03. The third kappa shape index (κ3) is 3.03. The van der Waals surface area contributed by atoms with E-state index < -0.39 is 0 Å². The summed E-state index contributed by atoms with van der Waals surface area (Å²) in [4.78, 5) is 31.6. The van der Waals surface area contributed by atoms with Crippen LogP contribution in [0.3, 0.4) is 0 Å². The van der Waals surface area contributed by atoms with Crippen LogP contribution in [0.4, 0.5) is 0 Å². The molecule has 0 radical (unpaired) electrons. The molecular weight excluding hydrogens is 314 g/mol. The first kappa shape index (κ1) is 16.2. The minimum atomic E-state index is 0.0271. The molecule has 5 heteroatoms. The lowest BCUT2D eigenvalue weighted by Gasteiger charge is -2.22. The van der Waals surface area contributed by atoms with Crippen molar-refractivity contribution >= 4 is 22.7 Å². The molecule has 0 spiro atoms. The van der Waals surface area contributed by atoms with E-state index in [0.29, 0.717) is 19.5 Å². The Morgan fingerprint density at radius 3 is 2.84 bits per heavy atom. The van der Waals surface area contributed by atoms with E-state index in [1.807, 2.05) is 30.1 Å². The number of likely N-dealkylation sites (N-methyl/N-ethyl adjacent to an activating group) is 1. The lowest BCUT2D eigenvalue weighted by molar-refractivity contribution is -0.127. The van der Waals surface area contributed by atoms with Crippen molar-refractivity contribution in [2.45, 2.75) is 38.5 Å². The van der Waals surface area contributed by atoms with Crippen molar-refractivity contribution in [1.29, 1.82) is 0 Å². The largest absolute Gasteiger partial charge is 0.358 e. The molecule has 0 atom stereocenters. The van der Waals surface area contributed by atoms with Gasteiger partial charge in [0.15, 0.2) is 0 Å². The molecule has 0 saturated carbocycles. The monoisotopic (exact) mass is 339 g/mol. The minimum absolute atomic E-state index is 0.0271. The molecule has 1 aromatic heterocycles. The van der Waals surface area contributed by atoms with Gasteiger partial charge in [-0.25, -0.2) is 0 Å². The van der Waals surface area contributed by atoms with E-state index in [9.17, 15) is 9.59 Å². The third-order valence-electron chi connectivity index (χ3n) is 5.57. The van der Waals surface area contributed by atoms with Crippen LogP contribution in [0.1, 0.15) is 47.3 Å². The van der Waals surface area contributed by atoms with Gasteiger partial charge in [-0.15, -0.1) is 0 Å². The highest BCUT2D eigenvalue weighted by Gasteiger charge is 2.22. The van der Waals surface area contributed by atoms with E-state index >= 15 is 0 Å². The zero-order valence-electron chi connectivity index (χ0n) is 14.8. The van der Waals surface area contributed by atoms with Gasteiger partial charge in [-0.1, -0.05) is 0 Å². The first-order valence-corrected chi connectivity index (χ1v) is 9.30. The van der Waals surface area contributed by atoms with Gasteiger partial charge < -0.3 is 14.8 Å². The normalized spacial score (nSPS) is 17.2. The van der Waals surface area contributed by atoms with Crippen LogP contribution in [0.15, 0.2) is 18.2 Å². The highest BCUT2D eigenvalue weighted by molar-refractivity contribution is 5.99. The van der Waals surface area contributed by atoms with Crippen molar-refractivity contribution in [1.82, 2.24) is 14.8 Å². The van der Waals surface area contributed by atoms with E-state index in [0.717, 1.165) is 36.9 Å². The maximum atomic E-state index is 12.8. The molecule has 4 rings (SSSR count). The second-order valence-electron chi connectivity index (χ2n) is 7.26. The van der Waals surface area contributed by atoms with Crippen LogP contribution in [-0.4, -0.2) is 53.3 Å². The Morgan fingerprint density at radius 1 is 1.20 bits per heavy atom. The average molecular weight is 339 g/mol. The van der Waals surface area contributed by atoms with Crippen LogP contribution >= 0.6 is 0 Å². The SMILES string of the molecule is CN(CCN1CCCC1=O)C(=O)c1ccc2[nH]c3c(c2c1)CCCC3. The molecule has 2 aliphatic rings. The summed E-state index contributed by atoms with van der Waals surface area (Å²) in [6, 6.07) is 5.97. The number of aryl methyl sites for hydroxylation is 2. The van der Waals surface area contributed by atoms with Crippen LogP contribution in [0.25, 0.3) is 10.9 Å². The maximum absolute atomic E-state index is 12.8. The molecule has 1 aromatic carbocycles. The summed E-state index contributed by atoms with van der Waals surface area (Å²) in [7, 11) is 1.82. The third-order valence-corrected chi connectivity index (χ3v) is 5.57. The predicted molar refractivity (Wildman–Crippen MR) is 97.7 cm³/mol. The number of hydrogen-bond acceptors (Lipinski definition) is 2.